The molecule has 1 aromatic rings. The fraction of sp³-hybridized carbons (Fsp3) is 0.733. The van der Waals surface area contributed by atoms with Gasteiger partial charge in [-0.3, -0.25) is 4.98 Å². The van der Waals surface area contributed by atoms with Gasteiger partial charge in [0.05, 0.1) is 23.6 Å². The Morgan fingerprint density at radius 3 is 2.71 bits per heavy atom. The van der Waals surface area contributed by atoms with Crippen molar-refractivity contribution in [2.45, 2.75) is 45.8 Å². The fourth-order valence-electron chi connectivity index (χ4n) is 2.25. The van der Waals surface area contributed by atoms with Gasteiger partial charge in [0.2, 0.25) is 0 Å². The van der Waals surface area contributed by atoms with Crippen molar-refractivity contribution in [3.8, 4) is 0 Å². The van der Waals surface area contributed by atoms with E-state index in [2.05, 4.69) is 4.98 Å². The molecule has 21 heavy (non-hydrogen) atoms. The predicted molar refractivity (Wildman–Crippen MR) is 82.3 cm³/mol. The summed E-state index contributed by atoms with van der Waals surface area (Å²) in [6, 6.07) is 0. The molecule has 0 saturated carbocycles. The minimum absolute atomic E-state index is 0.202. The highest BCUT2D eigenvalue weighted by Gasteiger charge is 2.26. The molecule has 0 aromatic carbocycles. The Balaban J connectivity index is 1.65. The van der Waals surface area contributed by atoms with Gasteiger partial charge in [-0.1, -0.05) is 0 Å². The SMILES string of the molecule is CC(C)(C)OC(=O)N1CCC(COCc2cncs2)CC1. The summed E-state index contributed by atoms with van der Waals surface area (Å²) in [7, 11) is 0. The van der Waals surface area contributed by atoms with Crippen LogP contribution in [0.4, 0.5) is 4.79 Å². The summed E-state index contributed by atoms with van der Waals surface area (Å²) in [5, 5.41) is 0. The van der Waals surface area contributed by atoms with Crippen LogP contribution in [0.3, 0.4) is 0 Å². The first kappa shape index (κ1) is 16.2. The van der Waals surface area contributed by atoms with Crippen molar-refractivity contribution in [3.63, 3.8) is 0 Å². The molecule has 2 rings (SSSR count). The monoisotopic (exact) mass is 312 g/mol. The van der Waals surface area contributed by atoms with Gasteiger partial charge < -0.3 is 14.4 Å². The van der Waals surface area contributed by atoms with Crippen LogP contribution >= 0.6 is 11.3 Å². The van der Waals surface area contributed by atoms with E-state index in [9.17, 15) is 4.79 Å². The Kier molecular flexibility index (Phi) is 5.58. The Hall–Kier alpha value is -1.14. The highest BCUT2D eigenvalue weighted by molar-refractivity contribution is 7.09. The van der Waals surface area contributed by atoms with Crippen LogP contribution in [-0.2, 0) is 16.1 Å². The average Bonchev–Trinajstić information content (AvgIpc) is 2.91. The van der Waals surface area contributed by atoms with Crippen molar-refractivity contribution in [3.05, 3.63) is 16.6 Å². The third-order valence-electron chi connectivity index (χ3n) is 3.35. The summed E-state index contributed by atoms with van der Waals surface area (Å²) in [5.41, 5.74) is 1.39. The number of nitrogens with zero attached hydrogens (tertiary/aromatic N) is 2. The zero-order chi connectivity index (χ0) is 15.3. The molecule has 1 amide bonds. The summed E-state index contributed by atoms with van der Waals surface area (Å²) in [6.07, 6.45) is 3.59. The second kappa shape index (κ2) is 7.22. The maximum Gasteiger partial charge on any atom is 0.410 e. The Morgan fingerprint density at radius 1 is 1.43 bits per heavy atom. The van der Waals surface area contributed by atoms with Crippen LogP contribution in [0.25, 0.3) is 0 Å². The highest BCUT2D eigenvalue weighted by Crippen LogP contribution is 2.20. The Morgan fingerprint density at radius 2 is 2.14 bits per heavy atom. The molecule has 1 fully saturated rings. The van der Waals surface area contributed by atoms with Gasteiger partial charge in [0.1, 0.15) is 5.60 Å². The average molecular weight is 312 g/mol. The molecule has 0 N–H and O–H groups in total. The van der Waals surface area contributed by atoms with Crippen LogP contribution in [0, 0.1) is 5.92 Å². The molecule has 0 unspecified atom stereocenters. The summed E-state index contributed by atoms with van der Waals surface area (Å²) < 4.78 is 11.1. The van der Waals surface area contributed by atoms with Gasteiger partial charge >= 0.3 is 6.09 Å². The number of thiazole rings is 1. The zero-order valence-corrected chi connectivity index (χ0v) is 13.8. The van der Waals surface area contributed by atoms with Gasteiger partial charge in [-0.05, 0) is 39.5 Å². The summed E-state index contributed by atoms with van der Waals surface area (Å²) in [4.78, 5) is 18.9. The second-order valence-electron chi connectivity index (χ2n) is 6.39. The zero-order valence-electron chi connectivity index (χ0n) is 13.0. The summed E-state index contributed by atoms with van der Waals surface area (Å²) >= 11 is 1.61. The van der Waals surface area contributed by atoms with E-state index in [-0.39, 0.29) is 6.09 Å². The summed E-state index contributed by atoms with van der Waals surface area (Å²) in [6.45, 7) is 8.57. The number of rotatable bonds is 4. The minimum Gasteiger partial charge on any atom is -0.444 e. The lowest BCUT2D eigenvalue weighted by molar-refractivity contribution is 0.0106. The van der Waals surface area contributed by atoms with Crippen molar-refractivity contribution in [1.82, 2.24) is 9.88 Å². The fourth-order valence-corrected chi connectivity index (χ4v) is 2.78. The predicted octanol–water partition coefficient (Wildman–Crippen LogP) is 3.31. The van der Waals surface area contributed by atoms with E-state index in [4.69, 9.17) is 9.47 Å². The van der Waals surface area contributed by atoms with E-state index in [0.29, 0.717) is 12.5 Å². The van der Waals surface area contributed by atoms with Crippen LogP contribution in [0.1, 0.15) is 38.5 Å². The van der Waals surface area contributed by atoms with Gasteiger partial charge in [0.15, 0.2) is 0 Å². The maximum atomic E-state index is 12.0. The summed E-state index contributed by atoms with van der Waals surface area (Å²) in [5.74, 6) is 0.525. The molecule has 0 bridgehead atoms. The molecule has 5 nitrogen and oxygen atoms in total. The molecule has 0 spiro atoms. The lowest BCUT2D eigenvalue weighted by Gasteiger charge is -2.33. The number of aromatic nitrogens is 1. The lowest BCUT2D eigenvalue weighted by Crippen LogP contribution is -2.42. The molecule has 118 valence electrons. The first-order valence-corrected chi connectivity index (χ1v) is 8.25. The van der Waals surface area contributed by atoms with E-state index < -0.39 is 5.60 Å². The molecule has 0 radical (unpaired) electrons. The van der Waals surface area contributed by atoms with Crippen molar-refractivity contribution >= 4 is 17.4 Å². The van der Waals surface area contributed by atoms with Gasteiger partial charge in [0.25, 0.3) is 0 Å². The molecule has 6 heteroatoms. The van der Waals surface area contributed by atoms with Crippen LogP contribution in [0.15, 0.2) is 11.7 Å². The first-order chi connectivity index (χ1) is 9.94. The van der Waals surface area contributed by atoms with Gasteiger partial charge in [-0.25, -0.2) is 4.79 Å². The minimum atomic E-state index is -0.425. The highest BCUT2D eigenvalue weighted by atomic mass is 32.1. The third kappa shape index (κ3) is 5.63. The lowest BCUT2D eigenvalue weighted by atomic mass is 9.98. The Bertz CT molecular complexity index is 434. The quantitative estimate of drug-likeness (QED) is 0.856. The molecular formula is C15H24N2O3S. The van der Waals surface area contributed by atoms with Crippen molar-refractivity contribution < 1.29 is 14.3 Å². The molecular weight excluding hydrogens is 288 g/mol. The molecule has 2 heterocycles. The van der Waals surface area contributed by atoms with Gasteiger partial charge in [0, 0.05) is 19.3 Å². The van der Waals surface area contributed by atoms with E-state index in [1.54, 1.807) is 16.2 Å². The van der Waals surface area contributed by atoms with Crippen LogP contribution in [0.5, 0.6) is 0 Å². The number of amides is 1. The number of hydrogen-bond acceptors (Lipinski definition) is 5. The third-order valence-corrected chi connectivity index (χ3v) is 4.10. The second-order valence-corrected chi connectivity index (χ2v) is 7.36. The smallest absolute Gasteiger partial charge is 0.410 e. The maximum absolute atomic E-state index is 12.0. The van der Waals surface area contributed by atoms with Crippen LogP contribution in [0.2, 0.25) is 0 Å². The normalized spacial score (nSPS) is 17.0. The number of piperidine rings is 1. The van der Waals surface area contributed by atoms with E-state index in [1.807, 2.05) is 32.5 Å². The van der Waals surface area contributed by atoms with Crippen LogP contribution < -0.4 is 0 Å². The number of hydrogen-bond donors (Lipinski definition) is 0. The Labute approximate surface area is 130 Å². The van der Waals surface area contributed by atoms with E-state index in [1.165, 1.54) is 0 Å². The largest absolute Gasteiger partial charge is 0.444 e. The number of ether oxygens (including phenoxy) is 2. The molecule has 1 saturated heterocycles. The van der Waals surface area contributed by atoms with Crippen LogP contribution in [-0.4, -0.2) is 41.3 Å². The molecule has 1 aliphatic rings. The van der Waals surface area contributed by atoms with Crippen molar-refractivity contribution in [1.29, 1.82) is 0 Å². The first-order valence-electron chi connectivity index (χ1n) is 7.37. The molecule has 0 aliphatic carbocycles. The van der Waals surface area contributed by atoms with Gasteiger partial charge in [-0.2, -0.15) is 0 Å². The van der Waals surface area contributed by atoms with Crippen molar-refractivity contribution in [2.24, 2.45) is 5.92 Å². The standard InChI is InChI=1S/C15H24N2O3S/c1-15(2,3)20-14(18)17-6-4-12(5-7-17)9-19-10-13-8-16-11-21-13/h8,11-12H,4-7,9-10H2,1-3H3. The molecule has 1 aromatic heterocycles. The molecule has 0 atom stereocenters. The number of likely N-dealkylation sites (tertiary alicyclic amines) is 1. The van der Waals surface area contributed by atoms with E-state index >= 15 is 0 Å². The van der Waals surface area contributed by atoms with Crippen molar-refractivity contribution in [2.75, 3.05) is 19.7 Å². The number of carbonyl (C=O) groups is 1. The van der Waals surface area contributed by atoms with Gasteiger partial charge in [-0.15, -0.1) is 11.3 Å². The molecule has 1 aliphatic heterocycles. The number of carbonyl (C=O) groups excluding carboxylic acids is 1. The van der Waals surface area contributed by atoms with E-state index in [0.717, 1.165) is 37.4 Å². The topological polar surface area (TPSA) is 51.7 Å².